The summed E-state index contributed by atoms with van der Waals surface area (Å²) < 4.78 is 1.72. The van der Waals surface area contributed by atoms with Crippen LogP contribution in [-0.4, -0.2) is 9.78 Å². The van der Waals surface area contributed by atoms with Gasteiger partial charge in [0.25, 0.3) is 5.56 Å². The van der Waals surface area contributed by atoms with E-state index >= 15 is 0 Å². The molecule has 1 aromatic rings. The highest BCUT2D eigenvalue weighted by Gasteiger charge is 2.09. The van der Waals surface area contributed by atoms with Gasteiger partial charge in [0.1, 0.15) is 5.15 Å². The van der Waals surface area contributed by atoms with Crippen molar-refractivity contribution in [2.24, 2.45) is 5.92 Å². The molecule has 0 saturated heterocycles. The lowest BCUT2D eigenvalue weighted by Crippen LogP contribution is -2.11. The molecule has 1 aromatic heterocycles. The number of hydrogen-bond acceptors (Lipinski definition) is 1. The van der Waals surface area contributed by atoms with Crippen LogP contribution in [0.25, 0.3) is 0 Å². The Kier molecular flexibility index (Phi) is 3.20. The summed E-state index contributed by atoms with van der Waals surface area (Å²) >= 11 is 5.95. The summed E-state index contributed by atoms with van der Waals surface area (Å²) in [7, 11) is 0. The van der Waals surface area contributed by atoms with E-state index in [-0.39, 0.29) is 5.56 Å². The van der Waals surface area contributed by atoms with Crippen molar-refractivity contribution >= 4 is 11.6 Å². The second-order valence-corrected chi connectivity index (χ2v) is 3.84. The highest BCUT2D eigenvalue weighted by Crippen LogP contribution is 2.13. The van der Waals surface area contributed by atoms with Gasteiger partial charge in [-0.2, -0.15) is 0 Å². The fraction of sp³-hybridized carbons (Fsp3) is 0.667. The zero-order valence-electron chi connectivity index (χ0n) is 8.22. The standard InChI is InChI=1S/C9H15ClN2O/c1-4-6(2)5-12-8(10)7(3)9(13)11-12/h6H,4-5H2,1-3H3,(H,11,13). The highest BCUT2D eigenvalue weighted by molar-refractivity contribution is 6.30. The van der Waals surface area contributed by atoms with E-state index in [2.05, 4.69) is 18.9 Å². The molecule has 0 saturated carbocycles. The van der Waals surface area contributed by atoms with Gasteiger partial charge in [-0.15, -0.1) is 0 Å². The molecule has 1 N–H and O–H groups in total. The van der Waals surface area contributed by atoms with E-state index < -0.39 is 0 Å². The molecule has 0 aliphatic rings. The first kappa shape index (κ1) is 10.4. The van der Waals surface area contributed by atoms with Crippen molar-refractivity contribution in [1.82, 2.24) is 9.78 Å². The minimum Gasteiger partial charge on any atom is -0.273 e. The van der Waals surface area contributed by atoms with Crippen molar-refractivity contribution in [3.05, 3.63) is 21.1 Å². The molecule has 0 amide bonds. The molecule has 4 heteroatoms. The SMILES string of the molecule is CCC(C)Cn1[nH]c(=O)c(C)c1Cl. The van der Waals surface area contributed by atoms with Gasteiger partial charge < -0.3 is 0 Å². The molecule has 1 unspecified atom stereocenters. The number of hydrogen-bond donors (Lipinski definition) is 1. The Balaban J connectivity index is 2.90. The van der Waals surface area contributed by atoms with Gasteiger partial charge in [-0.3, -0.25) is 14.6 Å². The summed E-state index contributed by atoms with van der Waals surface area (Å²) in [4.78, 5) is 11.2. The second kappa shape index (κ2) is 4.01. The molecular formula is C9H15ClN2O. The third-order valence-corrected chi connectivity index (χ3v) is 2.80. The number of halogens is 1. The molecule has 0 spiro atoms. The predicted octanol–water partition coefficient (Wildman–Crippen LogP) is 2.18. The Bertz CT molecular complexity index is 340. The average molecular weight is 203 g/mol. The molecule has 74 valence electrons. The molecular weight excluding hydrogens is 188 g/mol. The van der Waals surface area contributed by atoms with E-state index in [1.54, 1.807) is 11.6 Å². The van der Waals surface area contributed by atoms with Gasteiger partial charge in [0.05, 0.1) is 5.56 Å². The summed E-state index contributed by atoms with van der Waals surface area (Å²) in [6.45, 7) is 6.75. The van der Waals surface area contributed by atoms with Crippen LogP contribution >= 0.6 is 11.6 Å². The lowest BCUT2D eigenvalue weighted by molar-refractivity contribution is 0.438. The molecule has 1 rings (SSSR count). The van der Waals surface area contributed by atoms with E-state index in [1.807, 2.05) is 0 Å². The van der Waals surface area contributed by atoms with Crippen molar-refractivity contribution in [3.63, 3.8) is 0 Å². The fourth-order valence-corrected chi connectivity index (χ4v) is 1.32. The summed E-state index contributed by atoms with van der Waals surface area (Å²) in [6.07, 6.45) is 1.08. The molecule has 0 aliphatic heterocycles. The molecule has 1 atom stereocenters. The van der Waals surface area contributed by atoms with Crippen molar-refractivity contribution in [1.29, 1.82) is 0 Å². The predicted molar refractivity (Wildman–Crippen MR) is 54.3 cm³/mol. The van der Waals surface area contributed by atoms with Crippen LogP contribution in [0.2, 0.25) is 5.15 Å². The quantitative estimate of drug-likeness (QED) is 0.802. The van der Waals surface area contributed by atoms with Crippen LogP contribution < -0.4 is 5.56 Å². The molecule has 0 aromatic carbocycles. The maximum atomic E-state index is 11.2. The maximum Gasteiger partial charge on any atom is 0.268 e. The minimum atomic E-state index is -0.0895. The summed E-state index contributed by atoms with van der Waals surface area (Å²) in [5.41, 5.74) is 0.512. The number of H-pyrrole nitrogens is 1. The maximum absolute atomic E-state index is 11.2. The van der Waals surface area contributed by atoms with Gasteiger partial charge >= 0.3 is 0 Å². The Labute approximate surface area is 82.7 Å². The Hall–Kier alpha value is -0.700. The van der Waals surface area contributed by atoms with Gasteiger partial charge in [-0.1, -0.05) is 31.9 Å². The largest absolute Gasteiger partial charge is 0.273 e. The molecule has 0 radical (unpaired) electrons. The molecule has 0 aliphatic carbocycles. The fourth-order valence-electron chi connectivity index (χ4n) is 1.12. The molecule has 0 bridgehead atoms. The minimum absolute atomic E-state index is 0.0895. The number of nitrogens with zero attached hydrogens (tertiary/aromatic N) is 1. The van der Waals surface area contributed by atoms with Gasteiger partial charge in [0.2, 0.25) is 0 Å². The van der Waals surface area contributed by atoms with Gasteiger partial charge in [0.15, 0.2) is 0 Å². The Morgan fingerprint density at radius 2 is 2.23 bits per heavy atom. The van der Waals surface area contributed by atoms with Crippen LogP contribution in [0, 0.1) is 12.8 Å². The van der Waals surface area contributed by atoms with Crippen LogP contribution in [-0.2, 0) is 6.54 Å². The normalized spacial score (nSPS) is 13.2. The third kappa shape index (κ3) is 2.15. The zero-order valence-corrected chi connectivity index (χ0v) is 8.98. The smallest absolute Gasteiger partial charge is 0.268 e. The summed E-state index contributed by atoms with van der Waals surface area (Å²) in [6, 6.07) is 0. The number of nitrogens with one attached hydrogen (secondary N) is 1. The van der Waals surface area contributed by atoms with Gasteiger partial charge in [-0.25, -0.2) is 0 Å². The van der Waals surface area contributed by atoms with Gasteiger partial charge in [-0.05, 0) is 12.8 Å². The van der Waals surface area contributed by atoms with Crippen molar-refractivity contribution in [3.8, 4) is 0 Å². The first-order valence-electron chi connectivity index (χ1n) is 4.51. The first-order valence-corrected chi connectivity index (χ1v) is 4.89. The van der Waals surface area contributed by atoms with Crippen molar-refractivity contribution in [2.75, 3.05) is 0 Å². The van der Waals surface area contributed by atoms with Crippen LogP contribution in [0.4, 0.5) is 0 Å². The Morgan fingerprint density at radius 1 is 1.62 bits per heavy atom. The zero-order chi connectivity index (χ0) is 10.0. The first-order chi connectivity index (χ1) is 6.06. The van der Waals surface area contributed by atoms with E-state index in [1.165, 1.54) is 0 Å². The molecule has 13 heavy (non-hydrogen) atoms. The topological polar surface area (TPSA) is 37.8 Å². The Morgan fingerprint density at radius 3 is 2.62 bits per heavy atom. The summed E-state index contributed by atoms with van der Waals surface area (Å²) in [5.74, 6) is 0.528. The lowest BCUT2D eigenvalue weighted by Gasteiger charge is -2.09. The van der Waals surface area contributed by atoms with E-state index in [4.69, 9.17) is 11.6 Å². The molecule has 1 heterocycles. The number of aromatic amines is 1. The lowest BCUT2D eigenvalue weighted by atomic mass is 10.1. The monoisotopic (exact) mass is 202 g/mol. The van der Waals surface area contributed by atoms with Gasteiger partial charge in [0, 0.05) is 6.54 Å². The molecule has 0 fully saturated rings. The van der Waals surface area contributed by atoms with E-state index in [9.17, 15) is 4.79 Å². The van der Waals surface area contributed by atoms with Crippen LogP contribution in [0.3, 0.4) is 0 Å². The number of rotatable bonds is 3. The van der Waals surface area contributed by atoms with Crippen molar-refractivity contribution in [2.45, 2.75) is 33.7 Å². The van der Waals surface area contributed by atoms with Crippen molar-refractivity contribution < 1.29 is 0 Å². The third-order valence-electron chi connectivity index (χ3n) is 2.31. The number of aromatic nitrogens is 2. The van der Waals surface area contributed by atoms with E-state index in [0.717, 1.165) is 13.0 Å². The average Bonchev–Trinajstić information content (AvgIpc) is 2.34. The second-order valence-electron chi connectivity index (χ2n) is 3.48. The summed E-state index contributed by atoms with van der Waals surface area (Å²) in [5, 5.41) is 3.24. The van der Waals surface area contributed by atoms with Crippen LogP contribution in [0.15, 0.2) is 4.79 Å². The van der Waals surface area contributed by atoms with Crippen LogP contribution in [0.5, 0.6) is 0 Å². The van der Waals surface area contributed by atoms with E-state index in [0.29, 0.717) is 16.6 Å². The van der Waals surface area contributed by atoms with Crippen LogP contribution in [0.1, 0.15) is 25.8 Å². The highest BCUT2D eigenvalue weighted by atomic mass is 35.5. The molecule has 3 nitrogen and oxygen atoms in total.